The standard InChI is InChI=1S/C25H46N2O6S/c1-22(2)7-6-11-27-24(28)9-13-30-16-18-32-19-20-33-25(5,34-21-26)10-14-31-17-15-29-12-8-23(3)4/h6-7,22-23H,8-20H2,1-5H3,(H,27,28)/b7-6+. The zero-order valence-corrected chi connectivity index (χ0v) is 22.6. The van der Waals surface area contributed by atoms with Gasteiger partial charge < -0.3 is 29.0 Å². The number of nitrogens with one attached hydrogen (secondary N) is 1. The molecule has 0 bridgehead atoms. The molecule has 198 valence electrons. The quantitative estimate of drug-likeness (QED) is 0.0963. The predicted octanol–water partition coefficient (Wildman–Crippen LogP) is 4.15. The van der Waals surface area contributed by atoms with Crippen LogP contribution in [0.25, 0.3) is 0 Å². The molecule has 1 N–H and O–H groups in total. The number of hydrogen-bond acceptors (Lipinski definition) is 8. The second kappa shape index (κ2) is 22.3. The molecular formula is C25H46N2O6S. The maximum Gasteiger partial charge on any atom is 0.222 e. The average molecular weight is 503 g/mol. The Labute approximate surface area is 211 Å². The fraction of sp³-hybridized carbons (Fsp3) is 0.840. The molecule has 0 saturated heterocycles. The Morgan fingerprint density at radius 1 is 0.941 bits per heavy atom. The minimum Gasteiger partial charge on any atom is -0.379 e. The highest BCUT2D eigenvalue weighted by Gasteiger charge is 2.26. The zero-order valence-electron chi connectivity index (χ0n) is 21.8. The van der Waals surface area contributed by atoms with Gasteiger partial charge >= 0.3 is 0 Å². The van der Waals surface area contributed by atoms with Crippen LogP contribution in [0.1, 0.15) is 53.9 Å². The molecule has 34 heavy (non-hydrogen) atoms. The van der Waals surface area contributed by atoms with Gasteiger partial charge in [0.2, 0.25) is 5.91 Å². The predicted molar refractivity (Wildman–Crippen MR) is 137 cm³/mol. The Balaban J connectivity index is 3.70. The molecule has 0 aromatic heterocycles. The SMILES string of the molecule is CC(C)/C=C/CNC(=O)CCOCCOCCOC(C)(CCOCCOCCC(C)C)SC#N. The van der Waals surface area contributed by atoms with E-state index in [0.29, 0.717) is 84.1 Å². The minimum atomic E-state index is -0.648. The lowest BCUT2D eigenvalue weighted by molar-refractivity contribution is -0.122. The number of rotatable bonds is 23. The summed E-state index contributed by atoms with van der Waals surface area (Å²) in [6.07, 6.45) is 5.98. The number of allylic oxidation sites excluding steroid dienone is 1. The van der Waals surface area contributed by atoms with Crippen molar-refractivity contribution in [3.05, 3.63) is 12.2 Å². The molecule has 0 spiro atoms. The van der Waals surface area contributed by atoms with Gasteiger partial charge in [-0.1, -0.05) is 39.8 Å². The molecule has 1 unspecified atom stereocenters. The van der Waals surface area contributed by atoms with E-state index in [1.54, 1.807) is 0 Å². The van der Waals surface area contributed by atoms with Crippen LogP contribution < -0.4 is 5.32 Å². The van der Waals surface area contributed by atoms with Gasteiger partial charge in [-0.25, -0.2) is 0 Å². The first-order valence-electron chi connectivity index (χ1n) is 12.2. The van der Waals surface area contributed by atoms with E-state index in [2.05, 4.69) is 44.5 Å². The van der Waals surface area contributed by atoms with Gasteiger partial charge in [0.05, 0.1) is 52.9 Å². The summed E-state index contributed by atoms with van der Waals surface area (Å²) in [6, 6.07) is 0. The van der Waals surface area contributed by atoms with Crippen LogP contribution in [0, 0.1) is 22.5 Å². The van der Waals surface area contributed by atoms with E-state index in [4.69, 9.17) is 28.9 Å². The second-order valence-corrected chi connectivity index (χ2v) is 10.0. The maximum atomic E-state index is 11.7. The molecule has 0 aromatic carbocycles. The number of amides is 1. The summed E-state index contributed by atoms with van der Waals surface area (Å²) in [7, 11) is 0. The summed E-state index contributed by atoms with van der Waals surface area (Å²) in [6.45, 7) is 15.3. The number of ether oxygens (including phenoxy) is 5. The van der Waals surface area contributed by atoms with Gasteiger partial charge in [0.25, 0.3) is 0 Å². The van der Waals surface area contributed by atoms with Gasteiger partial charge in [-0.2, -0.15) is 5.26 Å². The van der Waals surface area contributed by atoms with Crippen LogP contribution in [0.15, 0.2) is 12.2 Å². The smallest absolute Gasteiger partial charge is 0.222 e. The van der Waals surface area contributed by atoms with E-state index < -0.39 is 4.93 Å². The molecule has 0 heterocycles. The zero-order chi connectivity index (χ0) is 25.5. The number of hydrogen-bond donors (Lipinski definition) is 1. The normalized spacial score (nSPS) is 13.5. The van der Waals surface area contributed by atoms with Gasteiger partial charge in [-0.3, -0.25) is 4.79 Å². The molecule has 0 saturated carbocycles. The average Bonchev–Trinajstić information content (AvgIpc) is 2.77. The van der Waals surface area contributed by atoms with Crippen molar-refractivity contribution in [2.75, 3.05) is 66.0 Å². The lowest BCUT2D eigenvalue weighted by Gasteiger charge is -2.26. The lowest BCUT2D eigenvalue weighted by Crippen LogP contribution is -2.28. The molecular weight excluding hydrogens is 456 g/mol. The Kier molecular flexibility index (Phi) is 21.6. The van der Waals surface area contributed by atoms with Gasteiger partial charge in [0, 0.05) is 26.0 Å². The molecule has 1 amide bonds. The molecule has 0 aliphatic heterocycles. The van der Waals surface area contributed by atoms with E-state index >= 15 is 0 Å². The summed E-state index contributed by atoms with van der Waals surface area (Å²) in [4.78, 5) is 11.0. The van der Waals surface area contributed by atoms with Crippen LogP contribution >= 0.6 is 11.8 Å². The number of nitriles is 1. The summed E-state index contributed by atoms with van der Waals surface area (Å²) < 4.78 is 27.9. The van der Waals surface area contributed by atoms with Crippen molar-refractivity contribution in [2.45, 2.75) is 58.8 Å². The third-order valence-electron chi connectivity index (χ3n) is 4.59. The van der Waals surface area contributed by atoms with Crippen molar-refractivity contribution in [3.8, 4) is 5.40 Å². The van der Waals surface area contributed by atoms with E-state index in [9.17, 15) is 4.79 Å². The molecule has 0 aliphatic rings. The Bertz CT molecular complexity index is 568. The van der Waals surface area contributed by atoms with Crippen molar-refractivity contribution < 1.29 is 28.5 Å². The van der Waals surface area contributed by atoms with Crippen molar-refractivity contribution in [2.24, 2.45) is 11.8 Å². The summed E-state index contributed by atoms with van der Waals surface area (Å²) in [5, 5.41) is 14.0. The Morgan fingerprint density at radius 3 is 2.15 bits per heavy atom. The summed E-state index contributed by atoms with van der Waals surface area (Å²) in [5.74, 6) is 1.09. The summed E-state index contributed by atoms with van der Waals surface area (Å²) >= 11 is 1.09. The molecule has 0 aliphatic carbocycles. The van der Waals surface area contributed by atoms with E-state index in [1.165, 1.54) is 0 Å². The lowest BCUT2D eigenvalue weighted by atomic mass is 10.1. The fourth-order valence-corrected chi connectivity index (χ4v) is 3.07. The van der Waals surface area contributed by atoms with Crippen LogP contribution in [0.3, 0.4) is 0 Å². The van der Waals surface area contributed by atoms with E-state index in [-0.39, 0.29) is 5.91 Å². The van der Waals surface area contributed by atoms with Crippen molar-refractivity contribution in [3.63, 3.8) is 0 Å². The van der Waals surface area contributed by atoms with Crippen LogP contribution in [-0.4, -0.2) is 76.8 Å². The molecule has 0 fully saturated rings. The summed E-state index contributed by atoms with van der Waals surface area (Å²) in [5.41, 5.74) is 0. The van der Waals surface area contributed by atoms with E-state index in [0.717, 1.165) is 24.8 Å². The van der Waals surface area contributed by atoms with Crippen LogP contribution in [0.5, 0.6) is 0 Å². The molecule has 0 rings (SSSR count). The number of thiocyanates is 1. The molecule has 9 heteroatoms. The molecule has 0 aromatic rings. The van der Waals surface area contributed by atoms with Crippen LogP contribution in [0.4, 0.5) is 0 Å². The fourth-order valence-electron chi connectivity index (χ4n) is 2.55. The molecule has 1 atom stereocenters. The first-order valence-corrected chi connectivity index (χ1v) is 13.1. The monoisotopic (exact) mass is 502 g/mol. The van der Waals surface area contributed by atoms with Gasteiger partial charge in [0.15, 0.2) is 0 Å². The first kappa shape index (κ1) is 32.8. The largest absolute Gasteiger partial charge is 0.379 e. The highest BCUT2D eigenvalue weighted by Crippen LogP contribution is 2.29. The van der Waals surface area contributed by atoms with Crippen LogP contribution in [-0.2, 0) is 28.5 Å². The topological polar surface area (TPSA) is 99.0 Å². The Hall–Kier alpha value is -1.15. The number of nitrogens with zero attached hydrogens (tertiary/aromatic N) is 1. The van der Waals surface area contributed by atoms with Crippen molar-refractivity contribution >= 4 is 17.7 Å². The van der Waals surface area contributed by atoms with Gasteiger partial charge in [-0.15, -0.1) is 0 Å². The van der Waals surface area contributed by atoms with Crippen molar-refractivity contribution in [1.29, 1.82) is 5.26 Å². The molecule has 0 radical (unpaired) electrons. The Morgan fingerprint density at radius 2 is 1.53 bits per heavy atom. The highest BCUT2D eigenvalue weighted by atomic mass is 32.2. The van der Waals surface area contributed by atoms with Crippen LogP contribution in [0.2, 0.25) is 0 Å². The first-order chi connectivity index (χ1) is 16.3. The second-order valence-electron chi connectivity index (χ2n) is 8.78. The third-order valence-corrected chi connectivity index (χ3v) is 5.44. The highest BCUT2D eigenvalue weighted by molar-refractivity contribution is 8.04. The van der Waals surface area contributed by atoms with Crippen molar-refractivity contribution in [1.82, 2.24) is 5.32 Å². The maximum absolute atomic E-state index is 11.7. The minimum absolute atomic E-state index is 0.0281. The molecule has 8 nitrogen and oxygen atoms in total. The number of carbonyl (C=O) groups excluding carboxylic acids is 1. The third kappa shape index (κ3) is 22.6. The van der Waals surface area contributed by atoms with E-state index in [1.807, 2.05) is 13.0 Å². The van der Waals surface area contributed by atoms with Gasteiger partial charge in [-0.05, 0) is 36.9 Å². The van der Waals surface area contributed by atoms with Gasteiger partial charge in [0.1, 0.15) is 10.3 Å². The number of thioether (sulfide) groups is 1. The number of carbonyl (C=O) groups is 1.